The van der Waals surface area contributed by atoms with Crippen LogP contribution in [0.2, 0.25) is 0 Å². The fourth-order valence-corrected chi connectivity index (χ4v) is 1.93. The molecule has 4 nitrogen and oxygen atoms in total. The summed E-state index contributed by atoms with van der Waals surface area (Å²) in [6.45, 7) is 3.27. The summed E-state index contributed by atoms with van der Waals surface area (Å²) in [6.07, 6.45) is -1.00. The van der Waals surface area contributed by atoms with E-state index in [0.717, 1.165) is 5.56 Å². The first-order valence-electron chi connectivity index (χ1n) is 5.79. The molecule has 1 aliphatic rings. The second-order valence-corrected chi connectivity index (χ2v) is 4.28. The minimum absolute atomic E-state index is 0.204. The zero-order valence-electron chi connectivity index (χ0n) is 9.87. The molecule has 0 bridgehead atoms. The van der Waals surface area contributed by atoms with Crippen LogP contribution < -0.4 is 0 Å². The van der Waals surface area contributed by atoms with Gasteiger partial charge in [-0.1, -0.05) is 37.3 Å². The Hall–Kier alpha value is -1.39. The second-order valence-electron chi connectivity index (χ2n) is 4.28. The van der Waals surface area contributed by atoms with Gasteiger partial charge in [0.1, 0.15) is 12.8 Å². The molecule has 0 spiro atoms. The third-order valence-electron chi connectivity index (χ3n) is 3.12. The van der Waals surface area contributed by atoms with Gasteiger partial charge in [0.2, 0.25) is 0 Å². The summed E-state index contributed by atoms with van der Waals surface area (Å²) in [5.41, 5.74) is 0.966. The molecular weight excluding hydrogens is 218 g/mol. The van der Waals surface area contributed by atoms with Crippen LogP contribution in [0.15, 0.2) is 30.3 Å². The van der Waals surface area contributed by atoms with Crippen LogP contribution in [-0.2, 0) is 9.53 Å². The third kappa shape index (κ3) is 2.65. The molecule has 1 fully saturated rings. The Labute approximate surface area is 101 Å². The van der Waals surface area contributed by atoms with Crippen molar-refractivity contribution in [1.29, 1.82) is 0 Å². The molecule has 1 amide bonds. The van der Waals surface area contributed by atoms with E-state index in [1.807, 2.05) is 37.3 Å². The van der Waals surface area contributed by atoms with Crippen molar-refractivity contribution in [2.24, 2.45) is 0 Å². The van der Waals surface area contributed by atoms with E-state index in [1.54, 1.807) is 4.90 Å². The number of aliphatic hydroxyl groups is 1. The Balaban J connectivity index is 2.04. The van der Waals surface area contributed by atoms with E-state index >= 15 is 0 Å². The van der Waals surface area contributed by atoms with Gasteiger partial charge in [-0.25, -0.2) is 0 Å². The first kappa shape index (κ1) is 12.1. The summed E-state index contributed by atoms with van der Waals surface area (Å²) in [4.78, 5) is 13.5. The van der Waals surface area contributed by atoms with Crippen molar-refractivity contribution in [3.05, 3.63) is 35.9 Å². The van der Waals surface area contributed by atoms with Crippen molar-refractivity contribution in [3.63, 3.8) is 0 Å². The Bertz CT molecular complexity index is 374. The molecule has 0 saturated carbocycles. The molecule has 1 aromatic carbocycles. The zero-order valence-corrected chi connectivity index (χ0v) is 9.87. The van der Waals surface area contributed by atoms with E-state index in [9.17, 15) is 9.90 Å². The van der Waals surface area contributed by atoms with E-state index in [0.29, 0.717) is 13.2 Å². The number of nitrogens with zero attached hydrogens (tertiary/aromatic N) is 1. The van der Waals surface area contributed by atoms with Gasteiger partial charge in [-0.15, -0.1) is 0 Å². The highest BCUT2D eigenvalue weighted by molar-refractivity contribution is 5.81. The molecule has 2 atom stereocenters. The van der Waals surface area contributed by atoms with E-state index in [4.69, 9.17) is 4.74 Å². The van der Waals surface area contributed by atoms with Crippen LogP contribution in [-0.4, -0.2) is 41.9 Å². The van der Waals surface area contributed by atoms with E-state index in [1.165, 1.54) is 0 Å². The van der Waals surface area contributed by atoms with E-state index in [2.05, 4.69) is 0 Å². The monoisotopic (exact) mass is 235 g/mol. The molecule has 1 aromatic rings. The Morgan fingerprint density at radius 2 is 2.12 bits per heavy atom. The molecule has 92 valence electrons. The SMILES string of the molecule is CC(c1ccccc1)C(O)C(=O)N1CCOC1. The molecule has 0 aliphatic carbocycles. The van der Waals surface area contributed by atoms with Crippen LogP contribution in [0.3, 0.4) is 0 Å². The number of aliphatic hydroxyl groups excluding tert-OH is 1. The lowest BCUT2D eigenvalue weighted by Crippen LogP contribution is -2.40. The van der Waals surface area contributed by atoms with Crippen molar-refractivity contribution in [3.8, 4) is 0 Å². The largest absolute Gasteiger partial charge is 0.383 e. The van der Waals surface area contributed by atoms with Gasteiger partial charge in [0.25, 0.3) is 5.91 Å². The van der Waals surface area contributed by atoms with Crippen molar-refractivity contribution >= 4 is 5.91 Å². The summed E-state index contributed by atoms with van der Waals surface area (Å²) in [5, 5.41) is 10.1. The van der Waals surface area contributed by atoms with Gasteiger partial charge in [0, 0.05) is 12.5 Å². The molecule has 0 radical (unpaired) electrons. The summed E-state index contributed by atoms with van der Waals surface area (Å²) >= 11 is 0. The second kappa shape index (κ2) is 5.29. The number of hydrogen-bond acceptors (Lipinski definition) is 3. The lowest BCUT2D eigenvalue weighted by molar-refractivity contribution is -0.141. The first-order valence-corrected chi connectivity index (χ1v) is 5.79. The highest BCUT2D eigenvalue weighted by Crippen LogP contribution is 2.20. The lowest BCUT2D eigenvalue weighted by atomic mass is 9.94. The minimum atomic E-state index is -1.00. The quantitative estimate of drug-likeness (QED) is 0.849. The van der Waals surface area contributed by atoms with Gasteiger partial charge >= 0.3 is 0 Å². The molecule has 1 aliphatic heterocycles. The van der Waals surface area contributed by atoms with Crippen molar-refractivity contribution in [2.45, 2.75) is 18.9 Å². The molecule has 17 heavy (non-hydrogen) atoms. The average molecular weight is 235 g/mol. The van der Waals surface area contributed by atoms with Crippen LogP contribution in [0.1, 0.15) is 18.4 Å². The van der Waals surface area contributed by atoms with Crippen molar-refractivity contribution in [2.75, 3.05) is 19.9 Å². The maximum Gasteiger partial charge on any atom is 0.253 e. The molecule has 4 heteroatoms. The Morgan fingerprint density at radius 3 is 2.71 bits per heavy atom. The molecule has 1 saturated heterocycles. The van der Waals surface area contributed by atoms with Crippen LogP contribution >= 0.6 is 0 Å². The fraction of sp³-hybridized carbons (Fsp3) is 0.462. The zero-order chi connectivity index (χ0) is 12.3. The lowest BCUT2D eigenvalue weighted by Gasteiger charge is -2.23. The predicted molar refractivity (Wildman–Crippen MR) is 63.4 cm³/mol. The number of hydrogen-bond donors (Lipinski definition) is 1. The normalized spacial score (nSPS) is 19.1. The summed E-state index contributed by atoms with van der Waals surface area (Å²) < 4.78 is 5.11. The number of ether oxygens (including phenoxy) is 1. The Morgan fingerprint density at radius 1 is 1.41 bits per heavy atom. The smallest absolute Gasteiger partial charge is 0.253 e. The van der Waals surface area contributed by atoms with Crippen LogP contribution in [0.5, 0.6) is 0 Å². The average Bonchev–Trinajstić information content (AvgIpc) is 2.91. The van der Waals surface area contributed by atoms with E-state index < -0.39 is 6.10 Å². The van der Waals surface area contributed by atoms with Crippen LogP contribution in [0.25, 0.3) is 0 Å². The Kier molecular flexibility index (Phi) is 3.76. The van der Waals surface area contributed by atoms with Gasteiger partial charge in [0.15, 0.2) is 0 Å². The maximum atomic E-state index is 12.0. The first-order chi connectivity index (χ1) is 8.20. The van der Waals surface area contributed by atoms with Gasteiger partial charge in [-0.2, -0.15) is 0 Å². The third-order valence-corrected chi connectivity index (χ3v) is 3.12. The van der Waals surface area contributed by atoms with Crippen molar-refractivity contribution < 1.29 is 14.6 Å². The van der Waals surface area contributed by atoms with Gasteiger partial charge in [-0.3, -0.25) is 4.79 Å². The fourth-order valence-electron chi connectivity index (χ4n) is 1.93. The molecular formula is C13H17NO3. The highest BCUT2D eigenvalue weighted by Gasteiger charge is 2.29. The minimum Gasteiger partial charge on any atom is -0.383 e. The van der Waals surface area contributed by atoms with Crippen LogP contribution in [0.4, 0.5) is 0 Å². The van der Waals surface area contributed by atoms with Gasteiger partial charge in [-0.05, 0) is 5.56 Å². The number of rotatable bonds is 3. The van der Waals surface area contributed by atoms with E-state index in [-0.39, 0.29) is 18.6 Å². The number of amides is 1. The number of carbonyl (C=O) groups excluding carboxylic acids is 1. The molecule has 0 aromatic heterocycles. The highest BCUT2D eigenvalue weighted by atomic mass is 16.5. The molecule has 2 unspecified atom stereocenters. The number of carbonyl (C=O) groups is 1. The summed E-state index contributed by atoms with van der Waals surface area (Å²) in [6, 6.07) is 9.56. The maximum absolute atomic E-state index is 12.0. The number of benzene rings is 1. The predicted octanol–water partition coefficient (Wildman–Crippen LogP) is 0.967. The summed E-state index contributed by atoms with van der Waals surface area (Å²) in [7, 11) is 0. The summed E-state index contributed by atoms with van der Waals surface area (Å²) in [5.74, 6) is -0.455. The van der Waals surface area contributed by atoms with Crippen LogP contribution in [0, 0.1) is 0 Å². The molecule has 2 rings (SSSR count). The standard InChI is InChI=1S/C13H17NO3/c1-10(11-5-3-2-4-6-11)12(15)13(16)14-7-8-17-9-14/h2-6,10,12,15H,7-9H2,1H3. The van der Waals surface area contributed by atoms with Gasteiger partial charge < -0.3 is 14.7 Å². The van der Waals surface area contributed by atoms with Crippen molar-refractivity contribution in [1.82, 2.24) is 4.90 Å². The molecule has 1 heterocycles. The topological polar surface area (TPSA) is 49.8 Å². The molecule has 1 N–H and O–H groups in total. The van der Waals surface area contributed by atoms with Gasteiger partial charge in [0.05, 0.1) is 6.61 Å².